The zero-order valence-corrected chi connectivity index (χ0v) is 11.5. The maximum Gasteiger partial charge on any atom is 0.237 e. The summed E-state index contributed by atoms with van der Waals surface area (Å²) >= 11 is 0. The van der Waals surface area contributed by atoms with Crippen LogP contribution in [0.15, 0.2) is 30.3 Å². The van der Waals surface area contributed by atoms with Gasteiger partial charge in [-0.3, -0.25) is 4.79 Å². The van der Waals surface area contributed by atoms with E-state index in [0.717, 1.165) is 12.0 Å². The van der Waals surface area contributed by atoms with E-state index in [0.29, 0.717) is 12.5 Å². The van der Waals surface area contributed by atoms with E-state index in [-0.39, 0.29) is 11.9 Å². The lowest BCUT2D eigenvalue weighted by molar-refractivity contribution is -0.122. The predicted molar refractivity (Wildman–Crippen MR) is 77.5 cm³/mol. The number of nitrogens with two attached hydrogens (primary N) is 1. The van der Waals surface area contributed by atoms with Gasteiger partial charge in [0.15, 0.2) is 0 Å². The second kappa shape index (κ2) is 7.29. The highest BCUT2D eigenvalue weighted by molar-refractivity contribution is 5.81. The monoisotopic (exact) mass is 260 g/mol. The predicted octanol–water partition coefficient (Wildman–Crippen LogP) is 2.60. The summed E-state index contributed by atoms with van der Waals surface area (Å²) in [6.07, 6.45) is 7.23. The van der Waals surface area contributed by atoms with E-state index in [1.807, 2.05) is 30.3 Å². The number of nitrogens with one attached hydrogen (secondary N) is 1. The van der Waals surface area contributed by atoms with Crippen molar-refractivity contribution >= 4 is 5.91 Å². The van der Waals surface area contributed by atoms with Crippen LogP contribution in [0, 0.1) is 5.92 Å². The molecule has 104 valence electrons. The quantitative estimate of drug-likeness (QED) is 0.855. The number of amides is 1. The van der Waals surface area contributed by atoms with E-state index in [9.17, 15) is 4.79 Å². The van der Waals surface area contributed by atoms with Crippen molar-refractivity contribution in [2.45, 2.75) is 51.1 Å². The van der Waals surface area contributed by atoms with Crippen LogP contribution in [0.3, 0.4) is 0 Å². The van der Waals surface area contributed by atoms with Crippen LogP contribution in [0.5, 0.6) is 0 Å². The Bertz CT molecular complexity index is 385. The van der Waals surface area contributed by atoms with Crippen molar-refractivity contribution in [3.8, 4) is 0 Å². The molecule has 19 heavy (non-hydrogen) atoms. The summed E-state index contributed by atoms with van der Waals surface area (Å²) in [6, 6.07) is 9.58. The van der Waals surface area contributed by atoms with Gasteiger partial charge in [0.05, 0.1) is 6.04 Å². The lowest BCUT2D eigenvalue weighted by Gasteiger charge is -2.24. The number of benzene rings is 1. The van der Waals surface area contributed by atoms with Crippen LogP contribution in [0.25, 0.3) is 0 Å². The fraction of sp³-hybridized carbons (Fsp3) is 0.562. The molecular weight excluding hydrogens is 236 g/mol. The molecule has 1 atom stereocenters. The first-order valence-electron chi connectivity index (χ1n) is 7.33. The molecule has 0 unspecified atom stereocenters. The van der Waals surface area contributed by atoms with E-state index >= 15 is 0 Å². The van der Waals surface area contributed by atoms with Crippen LogP contribution < -0.4 is 11.1 Å². The third kappa shape index (κ3) is 4.67. The molecule has 2 rings (SSSR count). The highest BCUT2D eigenvalue weighted by atomic mass is 16.2. The molecule has 1 aliphatic rings. The second-order valence-corrected chi connectivity index (χ2v) is 5.55. The average Bonchev–Trinajstić information content (AvgIpc) is 2.47. The van der Waals surface area contributed by atoms with E-state index in [1.165, 1.54) is 32.1 Å². The molecule has 1 amide bonds. The molecule has 1 aromatic carbocycles. The molecule has 3 nitrogen and oxygen atoms in total. The van der Waals surface area contributed by atoms with Crippen LogP contribution >= 0.6 is 0 Å². The minimum absolute atomic E-state index is 0.0190. The molecule has 0 saturated heterocycles. The minimum Gasteiger partial charge on any atom is -0.351 e. The standard InChI is InChI=1S/C16H24N2O/c17-15(11-13-7-3-1-4-8-13)16(19)18-12-14-9-5-2-6-10-14/h2,5-6,9-10,13,15H,1,3-4,7-8,11-12,17H2,(H,18,19)/t15-/m0/s1. The summed E-state index contributed by atoms with van der Waals surface area (Å²) < 4.78 is 0. The first-order chi connectivity index (χ1) is 9.25. The van der Waals surface area contributed by atoms with Crippen molar-refractivity contribution in [1.29, 1.82) is 0 Å². The van der Waals surface area contributed by atoms with Crippen molar-refractivity contribution in [2.75, 3.05) is 0 Å². The second-order valence-electron chi connectivity index (χ2n) is 5.55. The van der Waals surface area contributed by atoms with Gasteiger partial charge in [0.1, 0.15) is 0 Å². The Morgan fingerprint density at radius 1 is 1.21 bits per heavy atom. The Labute approximate surface area is 115 Å². The fourth-order valence-electron chi connectivity index (χ4n) is 2.81. The summed E-state index contributed by atoms with van der Waals surface area (Å²) in [6.45, 7) is 0.567. The van der Waals surface area contributed by atoms with Gasteiger partial charge in [0, 0.05) is 6.54 Å². The molecular formula is C16H24N2O. The van der Waals surface area contributed by atoms with Crippen LogP contribution in [0.2, 0.25) is 0 Å². The molecule has 0 aromatic heterocycles. The van der Waals surface area contributed by atoms with Gasteiger partial charge in [-0.25, -0.2) is 0 Å². The number of hydrogen-bond donors (Lipinski definition) is 2. The topological polar surface area (TPSA) is 55.1 Å². The van der Waals surface area contributed by atoms with Crippen molar-refractivity contribution in [1.82, 2.24) is 5.32 Å². The maximum absolute atomic E-state index is 12.0. The SMILES string of the molecule is N[C@@H](CC1CCCCC1)C(=O)NCc1ccccc1. The van der Waals surface area contributed by atoms with Crippen molar-refractivity contribution < 1.29 is 4.79 Å². The Morgan fingerprint density at radius 2 is 1.89 bits per heavy atom. The zero-order valence-electron chi connectivity index (χ0n) is 11.5. The van der Waals surface area contributed by atoms with Crippen molar-refractivity contribution in [2.24, 2.45) is 11.7 Å². The lowest BCUT2D eigenvalue weighted by atomic mass is 9.85. The van der Waals surface area contributed by atoms with Gasteiger partial charge in [-0.1, -0.05) is 62.4 Å². The van der Waals surface area contributed by atoms with E-state index in [4.69, 9.17) is 5.73 Å². The van der Waals surface area contributed by atoms with Gasteiger partial charge in [-0.05, 0) is 17.9 Å². The van der Waals surface area contributed by atoms with Gasteiger partial charge < -0.3 is 11.1 Å². The number of carbonyl (C=O) groups excluding carboxylic acids is 1. The Balaban J connectivity index is 1.72. The minimum atomic E-state index is -0.355. The molecule has 0 bridgehead atoms. The summed E-state index contributed by atoms with van der Waals surface area (Å²) in [7, 11) is 0. The molecule has 3 heteroatoms. The highest BCUT2D eigenvalue weighted by Crippen LogP contribution is 2.26. The smallest absolute Gasteiger partial charge is 0.237 e. The summed E-state index contributed by atoms with van der Waals surface area (Å²) in [5.41, 5.74) is 7.11. The Hall–Kier alpha value is -1.35. The molecule has 0 heterocycles. The average molecular weight is 260 g/mol. The van der Waals surface area contributed by atoms with Crippen LogP contribution in [0.1, 0.15) is 44.1 Å². The number of carbonyl (C=O) groups is 1. The third-order valence-electron chi connectivity index (χ3n) is 3.96. The van der Waals surface area contributed by atoms with Crippen LogP contribution in [-0.4, -0.2) is 11.9 Å². The van der Waals surface area contributed by atoms with Gasteiger partial charge in [0.2, 0.25) is 5.91 Å². The van der Waals surface area contributed by atoms with Crippen molar-refractivity contribution in [3.05, 3.63) is 35.9 Å². The van der Waals surface area contributed by atoms with Gasteiger partial charge >= 0.3 is 0 Å². The zero-order chi connectivity index (χ0) is 13.5. The molecule has 1 aliphatic carbocycles. The van der Waals surface area contributed by atoms with Gasteiger partial charge in [-0.15, -0.1) is 0 Å². The van der Waals surface area contributed by atoms with Crippen molar-refractivity contribution in [3.63, 3.8) is 0 Å². The molecule has 1 fully saturated rings. The normalized spacial score (nSPS) is 17.9. The number of hydrogen-bond acceptors (Lipinski definition) is 2. The molecule has 0 aliphatic heterocycles. The van der Waals surface area contributed by atoms with E-state index in [1.54, 1.807) is 0 Å². The molecule has 0 radical (unpaired) electrons. The number of rotatable bonds is 5. The van der Waals surface area contributed by atoms with Crippen LogP contribution in [0.4, 0.5) is 0 Å². The summed E-state index contributed by atoms with van der Waals surface area (Å²) in [4.78, 5) is 12.0. The molecule has 1 saturated carbocycles. The lowest BCUT2D eigenvalue weighted by Crippen LogP contribution is -2.41. The summed E-state index contributed by atoms with van der Waals surface area (Å²) in [5, 5.41) is 2.92. The first kappa shape index (κ1) is 14.1. The third-order valence-corrected chi connectivity index (χ3v) is 3.96. The largest absolute Gasteiger partial charge is 0.351 e. The highest BCUT2D eigenvalue weighted by Gasteiger charge is 2.20. The van der Waals surface area contributed by atoms with Gasteiger partial charge in [-0.2, -0.15) is 0 Å². The Kier molecular flexibility index (Phi) is 5.40. The molecule has 1 aromatic rings. The summed E-state index contributed by atoms with van der Waals surface area (Å²) in [5.74, 6) is 0.626. The van der Waals surface area contributed by atoms with E-state index in [2.05, 4.69) is 5.32 Å². The first-order valence-corrected chi connectivity index (χ1v) is 7.33. The Morgan fingerprint density at radius 3 is 2.58 bits per heavy atom. The maximum atomic E-state index is 12.0. The molecule has 3 N–H and O–H groups in total. The fourth-order valence-corrected chi connectivity index (χ4v) is 2.81. The molecule has 0 spiro atoms. The van der Waals surface area contributed by atoms with Gasteiger partial charge in [0.25, 0.3) is 0 Å². The van der Waals surface area contributed by atoms with Crippen LogP contribution in [-0.2, 0) is 11.3 Å². The van der Waals surface area contributed by atoms with E-state index < -0.39 is 0 Å².